The first-order valence-corrected chi connectivity index (χ1v) is 11.8. The van der Waals surface area contributed by atoms with Crippen molar-refractivity contribution in [2.24, 2.45) is 0 Å². The zero-order valence-electron chi connectivity index (χ0n) is 21.4. The molecule has 2 aliphatic heterocycles. The normalized spacial score (nSPS) is 16.2. The second-order valence-electron chi connectivity index (χ2n) is 8.23. The third-order valence-electron chi connectivity index (χ3n) is 5.03. The van der Waals surface area contributed by atoms with Gasteiger partial charge in [-0.15, -0.1) is 10.1 Å². The van der Waals surface area contributed by atoms with Crippen LogP contribution in [0.1, 0.15) is 52.4 Å². The van der Waals surface area contributed by atoms with Crippen LogP contribution >= 0.6 is 0 Å². The lowest BCUT2D eigenvalue weighted by atomic mass is 10.1. The Morgan fingerprint density at radius 1 is 0.625 bits per heavy atom. The predicted molar refractivity (Wildman–Crippen MR) is 121 cm³/mol. The van der Waals surface area contributed by atoms with Gasteiger partial charge in [0.05, 0.1) is 12.8 Å². The van der Waals surface area contributed by atoms with Crippen LogP contribution in [-0.2, 0) is 67.1 Å². The van der Waals surface area contributed by atoms with E-state index in [4.69, 9.17) is 9.47 Å². The number of nitrogens with one attached hydrogen (secondary N) is 2. The average molecular weight is 570 g/mol. The first kappa shape index (κ1) is 31.3. The zero-order chi connectivity index (χ0) is 30.0. The van der Waals surface area contributed by atoms with Gasteiger partial charge in [0.2, 0.25) is 12.2 Å². The van der Waals surface area contributed by atoms with E-state index in [0.29, 0.717) is 10.1 Å². The van der Waals surface area contributed by atoms with Crippen molar-refractivity contribution in [3.8, 4) is 0 Å². The van der Waals surface area contributed by atoms with Gasteiger partial charge >= 0.3 is 23.9 Å². The van der Waals surface area contributed by atoms with Gasteiger partial charge in [0.1, 0.15) is 0 Å². The van der Waals surface area contributed by atoms with E-state index < -0.39 is 97.5 Å². The van der Waals surface area contributed by atoms with E-state index in [2.05, 4.69) is 20.3 Å². The maximum absolute atomic E-state index is 12.7. The molecular weight excluding hydrogens is 544 g/mol. The van der Waals surface area contributed by atoms with Crippen LogP contribution in [0.5, 0.6) is 0 Å². The van der Waals surface area contributed by atoms with E-state index in [0.717, 1.165) is 13.8 Å². The summed E-state index contributed by atoms with van der Waals surface area (Å²) in [5.74, 6) is -9.35. The third-order valence-corrected chi connectivity index (χ3v) is 5.03. The molecule has 40 heavy (non-hydrogen) atoms. The molecule has 2 atom stereocenters. The minimum absolute atomic E-state index is 0.120. The summed E-state index contributed by atoms with van der Waals surface area (Å²) in [5, 5.41) is 4.97. The van der Waals surface area contributed by atoms with Crippen LogP contribution in [0, 0.1) is 0 Å². The Balaban J connectivity index is 1.95. The molecule has 0 spiro atoms. The summed E-state index contributed by atoms with van der Waals surface area (Å²) >= 11 is 0. The molecule has 0 aliphatic carbocycles. The standard InChI is InChI=1S/C22H26N4O14/c1-11(27)37-19(21(35)23-9-7-17(33)39-25-13(29)3-4-14(25)30)20(38-12(2)28)22(36)24-10-8-18(34)40-26-15(31)5-6-16(26)32/h19-20H,3-10H2,1-2H3,(H,23,35)(H,24,36)/t19-,20?/m1/s1. The minimum atomic E-state index is -2.04. The number of hydroxylamine groups is 4. The van der Waals surface area contributed by atoms with Crippen molar-refractivity contribution < 1.29 is 67.1 Å². The Kier molecular flexibility index (Phi) is 11.2. The molecule has 6 amide bonds. The van der Waals surface area contributed by atoms with Crippen LogP contribution in [0.4, 0.5) is 0 Å². The number of amides is 6. The molecule has 2 fully saturated rings. The molecule has 0 bridgehead atoms. The number of hydrogen-bond donors (Lipinski definition) is 2. The highest BCUT2D eigenvalue weighted by Gasteiger charge is 2.40. The maximum Gasteiger partial charge on any atom is 0.334 e. The van der Waals surface area contributed by atoms with Gasteiger partial charge in [-0.3, -0.25) is 38.4 Å². The monoisotopic (exact) mass is 570 g/mol. The molecule has 2 N–H and O–H groups in total. The smallest absolute Gasteiger partial charge is 0.334 e. The molecule has 0 saturated carbocycles. The summed E-state index contributed by atoms with van der Waals surface area (Å²) < 4.78 is 9.71. The van der Waals surface area contributed by atoms with Crippen molar-refractivity contribution in [1.29, 1.82) is 0 Å². The molecule has 1 unspecified atom stereocenters. The lowest BCUT2D eigenvalue weighted by Gasteiger charge is -2.24. The van der Waals surface area contributed by atoms with Crippen LogP contribution in [0.2, 0.25) is 0 Å². The molecule has 18 heteroatoms. The lowest BCUT2D eigenvalue weighted by Crippen LogP contribution is -2.53. The van der Waals surface area contributed by atoms with Gasteiger partial charge in [-0.25, -0.2) is 9.59 Å². The Hall–Kier alpha value is -4.90. The molecule has 0 aromatic rings. The molecule has 2 heterocycles. The summed E-state index contributed by atoms with van der Waals surface area (Å²) in [6.45, 7) is 0.891. The number of carbonyl (C=O) groups excluding carboxylic acids is 10. The van der Waals surface area contributed by atoms with E-state index in [1.165, 1.54) is 0 Å². The quantitative estimate of drug-likeness (QED) is 0.167. The third kappa shape index (κ3) is 9.14. The van der Waals surface area contributed by atoms with Crippen molar-refractivity contribution in [3.63, 3.8) is 0 Å². The van der Waals surface area contributed by atoms with Gasteiger partial charge in [-0.2, -0.15) is 0 Å². The van der Waals surface area contributed by atoms with E-state index in [-0.39, 0.29) is 25.7 Å². The number of rotatable bonds is 13. The molecule has 18 nitrogen and oxygen atoms in total. The van der Waals surface area contributed by atoms with Gasteiger partial charge in [0.15, 0.2) is 0 Å². The number of imide groups is 2. The first-order chi connectivity index (χ1) is 18.8. The molecule has 2 saturated heterocycles. The molecular formula is C22H26N4O14. The zero-order valence-corrected chi connectivity index (χ0v) is 21.4. The fraction of sp³-hybridized carbons (Fsp3) is 0.545. The minimum Gasteiger partial charge on any atom is -0.448 e. The van der Waals surface area contributed by atoms with Crippen molar-refractivity contribution in [2.45, 2.75) is 64.6 Å². The number of hydrogen-bond acceptors (Lipinski definition) is 14. The fourth-order valence-corrected chi connectivity index (χ4v) is 3.25. The van der Waals surface area contributed by atoms with Gasteiger partial charge in [-0.1, -0.05) is 0 Å². The topological polar surface area (TPSA) is 238 Å². The average Bonchev–Trinajstić information content (AvgIpc) is 3.35. The number of carbonyl (C=O) groups is 10. The first-order valence-electron chi connectivity index (χ1n) is 11.8. The van der Waals surface area contributed by atoms with E-state index in [9.17, 15) is 47.9 Å². The highest BCUT2D eigenvalue weighted by atomic mass is 16.7. The number of esters is 2. The van der Waals surface area contributed by atoms with Gasteiger partial charge in [-0.05, 0) is 0 Å². The van der Waals surface area contributed by atoms with Gasteiger partial charge in [0, 0.05) is 52.6 Å². The predicted octanol–water partition coefficient (Wildman–Crippen LogP) is -2.92. The van der Waals surface area contributed by atoms with Crippen LogP contribution in [0.3, 0.4) is 0 Å². The lowest BCUT2D eigenvalue weighted by molar-refractivity contribution is -0.197. The summed E-state index contributed by atoms with van der Waals surface area (Å²) in [6, 6.07) is 0. The molecule has 2 rings (SSSR count). The molecule has 2 aliphatic rings. The maximum atomic E-state index is 12.7. The Labute approximate surface area is 225 Å². The van der Waals surface area contributed by atoms with Crippen LogP contribution in [0.25, 0.3) is 0 Å². The van der Waals surface area contributed by atoms with E-state index in [1.807, 2.05) is 0 Å². The number of nitrogens with zero attached hydrogens (tertiary/aromatic N) is 2. The Bertz CT molecular complexity index is 1000. The van der Waals surface area contributed by atoms with E-state index in [1.54, 1.807) is 0 Å². The van der Waals surface area contributed by atoms with Crippen molar-refractivity contribution in [1.82, 2.24) is 20.8 Å². The summed E-state index contributed by atoms with van der Waals surface area (Å²) in [5.41, 5.74) is 0. The largest absolute Gasteiger partial charge is 0.448 e. The van der Waals surface area contributed by atoms with Gasteiger partial charge in [0.25, 0.3) is 35.4 Å². The summed E-state index contributed by atoms with van der Waals surface area (Å²) in [4.78, 5) is 128. The number of ether oxygens (including phenoxy) is 2. The van der Waals surface area contributed by atoms with Crippen LogP contribution in [0.15, 0.2) is 0 Å². The SMILES string of the molecule is CC(=O)OC(C(=O)NCCC(=O)ON1C(=O)CCC1=O)[C@@H](OC(C)=O)C(=O)NCCC(=O)ON1C(=O)CCC1=O. The Morgan fingerprint density at radius 2 is 0.925 bits per heavy atom. The summed E-state index contributed by atoms with van der Waals surface area (Å²) in [7, 11) is 0. The fourth-order valence-electron chi connectivity index (χ4n) is 3.25. The van der Waals surface area contributed by atoms with E-state index >= 15 is 0 Å². The summed E-state index contributed by atoms with van der Waals surface area (Å²) in [6.07, 6.45) is -5.63. The molecule has 0 aromatic carbocycles. The molecule has 218 valence electrons. The molecule has 0 aromatic heterocycles. The highest BCUT2D eigenvalue weighted by molar-refractivity contribution is 6.02. The second-order valence-corrected chi connectivity index (χ2v) is 8.23. The molecule has 0 radical (unpaired) electrons. The van der Waals surface area contributed by atoms with Gasteiger partial charge < -0.3 is 29.8 Å². The van der Waals surface area contributed by atoms with Crippen LogP contribution in [-0.4, -0.2) is 94.7 Å². The van der Waals surface area contributed by atoms with Crippen LogP contribution < -0.4 is 10.6 Å². The van der Waals surface area contributed by atoms with Crippen molar-refractivity contribution in [2.75, 3.05) is 13.1 Å². The van der Waals surface area contributed by atoms with Crippen molar-refractivity contribution >= 4 is 59.3 Å². The Morgan fingerprint density at radius 3 is 1.20 bits per heavy atom. The van der Waals surface area contributed by atoms with Crippen molar-refractivity contribution in [3.05, 3.63) is 0 Å². The second kappa shape index (κ2) is 14.3. The highest BCUT2D eigenvalue weighted by Crippen LogP contribution is 2.14.